The number of nitrogens with one attached hydrogen (secondary N) is 2. The van der Waals surface area contributed by atoms with Crippen LogP contribution in [0, 0.1) is 5.92 Å². The third-order valence-electron chi connectivity index (χ3n) is 12.1. The average Bonchev–Trinajstić information content (AvgIpc) is 3.88. The molecule has 3 saturated heterocycles. The van der Waals surface area contributed by atoms with Gasteiger partial charge in [0, 0.05) is 50.2 Å². The molecule has 3 aliphatic rings. The summed E-state index contributed by atoms with van der Waals surface area (Å²) in [4.78, 5) is 43.9. The number of carbonyl (C=O) groups excluding carboxylic acids is 2. The lowest BCUT2D eigenvalue weighted by Gasteiger charge is -2.44. The van der Waals surface area contributed by atoms with E-state index >= 15 is 0 Å². The molecule has 59 heavy (non-hydrogen) atoms. The molecule has 14 heteroatoms. The van der Waals surface area contributed by atoms with Crippen LogP contribution >= 0.6 is 0 Å². The Labute approximate surface area is 339 Å². The topological polar surface area (TPSA) is 129 Å². The lowest BCUT2D eigenvalue weighted by Crippen LogP contribution is -2.50. The number of imidazole rings is 1. The van der Waals surface area contributed by atoms with Crippen LogP contribution in [-0.4, -0.2) is 80.8 Å². The number of nitrogens with zero attached hydrogens (tertiary/aromatic N) is 3. The van der Waals surface area contributed by atoms with Crippen molar-refractivity contribution in [2.24, 2.45) is 5.92 Å². The summed E-state index contributed by atoms with van der Waals surface area (Å²) < 4.78 is 54.9. The first-order valence-electron chi connectivity index (χ1n) is 20.2. The molecular formula is C45H48F3N5O6. The fourth-order valence-electron chi connectivity index (χ4n) is 8.90. The lowest BCUT2D eigenvalue weighted by molar-refractivity contribution is -0.276. The van der Waals surface area contributed by atoms with Gasteiger partial charge in [0.25, 0.3) is 0 Å². The molecule has 0 spiro atoms. The second kappa shape index (κ2) is 17.1. The summed E-state index contributed by atoms with van der Waals surface area (Å²) in [7, 11) is 0. The molecule has 5 unspecified atom stereocenters. The first kappa shape index (κ1) is 40.5. The number of fused-ring (bicyclic) bond motifs is 1. The maximum absolute atomic E-state index is 13.2. The summed E-state index contributed by atoms with van der Waals surface area (Å²) in [6.07, 6.45) is -4.04. The molecule has 3 N–H and O–H groups in total. The van der Waals surface area contributed by atoms with E-state index in [1.165, 1.54) is 0 Å². The largest absolute Gasteiger partial charge is 0.471 e. The van der Waals surface area contributed by atoms with Crippen molar-refractivity contribution in [2.75, 3.05) is 26.2 Å². The average molecular weight is 812 g/mol. The molecule has 0 aliphatic carbocycles. The number of ether oxygens (including phenoxy) is 2. The monoisotopic (exact) mass is 811 g/mol. The van der Waals surface area contributed by atoms with Gasteiger partial charge in [0.2, 0.25) is 5.91 Å². The van der Waals surface area contributed by atoms with Crippen LogP contribution in [0.1, 0.15) is 73.3 Å². The Morgan fingerprint density at radius 2 is 1.56 bits per heavy atom. The minimum Gasteiger partial charge on any atom is -0.392 e. The minimum atomic E-state index is -5.04. The Balaban J connectivity index is 0.968. The number of aliphatic hydroxyl groups excluding tert-OH is 1. The van der Waals surface area contributed by atoms with E-state index in [4.69, 9.17) is 9.47 Å². The van der Waals surface area contributed by atoms with E-state index in [9.17, 15) is 32.7 Å². The van der Waals surface area contributed by atoms with Crippen LogP contribution in [0.2, 0.25) is 0 Å². The number of H-pyrrole nitrogens is 1. The van der Waals surface area contributed by atoms with Crippen molar-refractivity contribution in [3.63, 3.8) is 0 Å². The van der Waals surface area contributed by atoms with Crippen molar-refractivity contribution in [2.45, 2.75) is 82.5 Å². The maximum Gasteiger partial charge on any atom is 0.471 e. The molecule has 4 aromatic carbocycles. The van der Waals surface area contributed by atoms with Gasteiger partial charge in [0.15, 0.2) is 6.29 Å². The van der Waals surface area contributed by atoms with Crippen molar-refractivity contribution in [1.29, 1.82) is 0 Å². The number of hydrogen-bond donors (Lipinski definition) is 3. The highest BCUT2D eigenvalue weighted by Gasteiger charge is 2.47. The number of rotatable bonds is 10. The summed E-state index contributed by atoms with van der Waals surface area (Å²) in [6, 6.07) is 29.8. The van der Waals surface area contributed by atoms with Gasteiger partial charge < -0.3 is 34.7 Å². The third kappa shape index (κ3) is 8.58. The summed E-state index contributed by atoms with van der Waals surface area (Å²) >= 11 is 0. The molecule has 5 atom stereocenters. The Kier molecular flexibility index (Phi) is 11.8. The van der Waals surface area contributed by atoms with Gasteiger partial charge in [-0.1, -0.05) is 91.9 Å². The van der Waals surface area contributed by atoms with E-state index in [1.807, 2.05) is 102 Å². The van der Waals surface area contributed by atoms with Crippen molar-refractivity contribution < 1.29 is 37.3 Å². The predicted molar refractivity (Wildman–Crippen MR) is 215 cm³/mol. The predicted octanol–water partition coefficient (Wildman–Crippen LogP) is 6.79. The first-order valence-corrected chi connectivity index (χ1v) is 20.2. The van der Waals surface area contributed by atoms with E-state index in [-0.39, 0.29) is 56.0 Å². The van der Waals surface area contributed by atoms with Gasteiger partial charge >= 0.3 is 17.8 Å². The third-order valence-corrected chi connectivity index (χ3v) is 12.1. The molecule has 4 heterocycles. The van der Waals surface area contributed by atoms with Crippen LogP contribution in [0.5, 0.6) is 0 Å². The second-order valence-corrected chi connectivity index (χ2v) is 15.8. The van der Waals surface area contributed by atoms with Crippen LogP contribution in [0.4, 0.5) is 13.2 Å². The standard InChI is InChI=1S/C45H48F3N5O6/c1-28-39(26-51-23-20-34(21-24-51)53-37-10-5-4-9-36(37)50-44(53)57)58-42(59-40(28)31-14-12-29(27-54)13-15-31)32-18-16-30(17-19-32)35-8-3-2-7-33(35)25-49-41(55)38-11-6-22-52(38)43(56)45(46,47)48/h2-5,7-10,12-19,28,34,38-40,42,54H,6,11,20-27H2,1H3,(H,49,55)(H,50,57). The lowest BCUT2D eigenvalue weighted by atomic mass is 9.89. The number of piperidine rings is 1. The van der Waals surface area contributed by atoms with E-state index < -0.39 is 30.3 Å². The molecule has 11 nitrogen and oxygen atoms in total. The SMILES string of the molecule is CC1C(CN2CCC(n3c(=O)[nH]c4ccccc43)CC2)OC(c2ccc(-c3ccccc3CNC(=O)C3CCCN3C(=O)C(F)(F)F)cc2)OC1c1ccc(CO)cc1. The van der Waals surface area contributed by atoms with Gasteiger partial charge in [-0.25, -0.2) is 4.79 Å². The summed E-state index contributed by atoms with van der Waals surface area (Å²) in [5, 5.41) is 12.4. The summed E-state index contributed by atoms with van der Waals surface area (Å²) in [5.74, 6) is -2.62. The van der Waals surface area contributed by atoms with Crippen molar-refractivity contribution in [3.05, 3.63) is 130 Å². The maximum atomic E-state index is 13.2. The highest BCUT2D eigenvalue weighted by molar-refractivity contribution is 5.90. The molecule has 2 amide bonds. The molecule has 1 aromatic heterocycles. The van der Waals surface area contributed by atoms with E-state index in [0.29, 0.717) is 17.9 Å². The number of halogens is 3. The van der Waals surface area contributed by atoms with Crippen LogP contribution in [-0.2, 0) is 32.2 Å². The number of aromatic nitrogens is 2. The minimum absolute atomic E-state index is 0.00978. The van der Waals surface area contributed by atoms with Gasteiger partial charge in [-0.05, 0) is 65.6 Å². The number of likely N-dealkylation sites (tertiary alicyclic amines) is 2. The van der Waals surface area contributed by atoms with E-state index in [0.717, 1.165) is 70.3 Å². The van der Waals surface area contributed by atoms with Gasteiger partial charge in [0.1, 0.15) is 6.04 Å². The second-order valence-electron chi connectivity index (χ2n) is 15.8. The number of alkyl halides is 3. The number of para-hydroxylation sites is 2. The smallest absolute Gasteiger partial charge is 0.392 e. The number of aliphatic hydroxyl groups is 1. The Morgan fingerprint density at radius 3 is 2.29 bits per heavy atom. The number of aromatic amines is 1. The fraction of sp³-hybridized carbons (Fsp3) is 0.400. The van der Waals surface area contributed by atoms with Crippen molar-refractivity contribution in [1.82, 2.24) is 24.7 Å². The van der Waals surface area contributed by atoms with Crippen LogP contribution in [0.3, 0.4) is 0 Å². The fourth-order valence-corrected chi connectivity index (χ4v) is 8.90. The van der Waals surface area contributed by atoms with Gasteiger partial charge in [0.05, 0.1) is 29.8 Å². The normalized spacial score (nSPS) is 23.1. The highest BCUT2D eigenvalue weighted by atomic mass is 19.4. The highest BCUT2D eigenvalue weighted by Crippen LogP contribution is 2.43. The molecule has 3 aliphatic heterocycles. The zero-order valence-corrected chi connectivity index (χ0v) is 32.7. The number of amides is 2. The molecule has 0 bridgehead atoms. The molecule has 310 valence electrons. The van der Waals surface area contributed by atoms with Crippen molar-refractivity contribution in [3.8, 4) is 11.1 Å². The van der Waals surface area contributed by atoms with Gasteiger partial charge in [-0.2, -0.15) is 13.2 Å². The summed E-state index contributed by atoms with van der Waals surface area (Å²) in [6.45, 7) is 4.34. The number of hydrogen-bond acceptors (Lipinski definition) is 7. The van der Waals surface area contributed by atoms with Crippen molar-refractivity contribution >= 4 is 22.8 Å². The Morgan fingerprint density at radius 1 is 0.864 bits per heavy atom. The van der Waals surface area contributed by atoms with Gasteiger partial charge in [-0.3, -0.25) is 14.2 Å². The van der Waals surface area contributed by atoms with Gasteiger partial charge in [-0.15, -0.1) is 0 Å². The van der Waals surface area contributed by atoms with E-state index in [1.54, 1.807) is 0 Å². The number of benzene rings is 4. The zero-order chi connectivity index (χ0) is 41.3. The number of carbonyl (C=O) groups is 2. The van der Waals surface area contributed by atoms with E-state index in [2.05, 4.69) is 22.1 Å². The Hall–Kier alpha value is -5.28. The molecule has 8 rings (SSSR count). The summed E-state index contributed by atoms with van der Waals surface area (Å²) in [5.41, 5.74) is 6.78. The molecule has 0 saturated carbocycles. The van der Waals surface area contributed by atoms with Crippen LogP contribution in [0.25, 0.3) is 22.2 Å². The Bertz CT molecular complexity index is 2320. The zero-order valence-electron chi connectivity index (χ0n) is 32.7. The van der Waals surface area contributed by atoms with Crippen LogP contribution < -0.4 is 11.0 Å². The molecule has 3 fully saturated rings. The molecule has 0 radical (unpaired) electrons. The molecule has 5 aromatic rings. The first-order chi connectivity index (χ1) is 28.5. The molecular weight excluding hydrogens is 764 g/mol. The quantitative estimate of drug-likeness (QED) is 0.142. The van der Waals surface area contributed by atoms with Crippen LogP contribution in [0.15, 0.2) is 102 Å².